The minimum Gasteiger partial charge on any atom is -0.303 e. The Morgan fingerprint density at radius 2 is 2.20 bits per heavy atom. The molecule has 0 aliphatic rings. The third-order valence-electron chi connectivity index (χ3n) is 1.71. The summed E-state index contributed by atoms with van der Waals surface area (Å²) in [5.41, 5.74) is 0. The van der Waals surface area contributed by atoms with E-state index in [1.807, 2.05) is 6.92 Å². The van der Waals surface area contributed by atoms with Gasteiger partial charge in [-0.1, -0.05) is 13.3 Å². The molecular weight excluding hydrogens is 131 g/mol. The highest BCUT2D eigenvalue weighted by Gasteiger charge is 2.14. The molecule has 0 fully saturated rings. The first-order chi connectivity index (χ1) is 4.72. The summed E-state index contributed by atoms with van der Waals surface area (Å²) in [6.45, 7) is 3.52. The van der Waals surface area contributed by atoms with E-state index in [2.05, 4.69) is 0 Å². The first kappa shape index (κ1) is 9.60. The minimum absolute atomic E-state index is 0.0532. The molecule has 2 atom stereocenters. The molecule has 10 heavy (non-hydrogen) atoms. The van der Waals surface area contributed by atoms with Crippen molar-refractivity contribution in [3.05, 3.63) is 0 Å². The van der Waals surface area contributed by atoms with Gasteiger partial charge in [-0.15, -0.1) is 0 Å². The fourth-order valence-electron chi connectivity index (χ4n) is 1.03. The number of carbonyl (C=O) groups is 1. The van der Waals surface area contributed by atoms with Crippen molar-refractivity contribution in [2.75, 3.05) is 0 Å². The lowest BCUT2D eigenvalue weighted by Gasteiger charge is -2.13. The van der Waals surface area contributed by atoms with Crippen molar-refractivity contribution in [2.45, 2.75) is 39.3 Å². The average molecular weight is 146 g/mol. The predicted octanol–water partition coefficient (Wildman–Crippen LogP) is 2.35. The third kappa shape index (κ3) is 3.59. The van der Waals surface area contributed by atoms with Crippen LogP contribution in [0.5, 0.6) is 0 Å². The number of alkyl halides is 1. The Hall–Kier alpha value is -0.400. The van der Waals surface area contributed by atoms with Gasteiger partial charge in [-0.3, -0.25) is 0 Å². The van der Waals surface area contributed by atoms with Crippen LogP contribution in [-0.2, 0) is 4.79 Å². The van der Waals surface area contributed by atoms with Crippen LogP contribution in [0.4, 0.5) is 4.39 Å². The molecule has 0 heterocycles. The fourth-order valence-corrected chi connectivity index (χ4v) is 1.03. The lowest BCUT2D eigenvalue weighted by molar-refractivity contribution is -0.109. The molecule has 0 N–H and O–H groups in total. The van der Waals surface area contributed by atoms with E-state index in [9.17, 15) is 9.18 Å². The topological polar surface area (TPSA) is 17.1 Å². The standard InChI is InChI=1S/C8H15FO/c1-3-4-8(5-6-10)7(2)9/h6-8H,3-5H2,1-2H3. The summed E-state index contributed by atoms with van der Waals surface area (Å²) in [7, 11) is 0. The van der Waals surface area contributed by atoms with Gasteiger partial charge < -0.3 is 4.79 Å². The summed E-state index contributed by atoms with van der Waals surface area (Å²) < 4.78 is 12.6. The molecule has 0 aliphatic heterocycles. The Balaban J connectivity index is 3.60. The van der Waals surface area contributed by atoms with E-state index in [1.165, 1.54) is 6.92 Å². The van der Waals surface area contributed by atoms with Crippen LogP contribution >= 0.6 is 0 Å². The highest BCUT2D eigenvalue weighted by atomic mass is 19.1. The minimum atomic E-state index is -0.842. The van der Waals surface area contributed by atoms with Crippen LogP contribution in [-0.4, -0.2) is 12.5 Å². The Morgan fingerprint density at radius 1 is 1.60 bits per heavy atom. The monoisotopic (exact) mass is 146 g/mol. The number of rotatable bonds is 5. The van der Waals surface area contributed by atoms with Gasteiger partial charge in [-0.2, -0.15) is 0 Å². The van der Waals surface area contributed by atoms with Gasteiger partial charge in [-0.05, 0) is 19.3 Å². The second-order valence-corrected chi connectivity index (χ2v) is 2.63. The Bertz CT molecular complexity index is 91.3. The fraction of sp³-hybridized carbons (Fsp3) is 0.875. The Morgan fingerprint density at radius 3 is 2.50 bits per heavy atom. The SMILES string of the molecule is CCCC(CC=O)C(C)F. The zero-order chi connectivity index (χ0) is 7.98. The molecule has 0 aliphatic carbocycles. The lowest BCUT2D eigenvalue weighted by atomic mass is 9.96. The van der Waals surface area contributed by atoms with Gasteiger partial charge in [-0.25, -0.2) is 4.39 Å². The molecule has 0 saturated heterocycles. The molecule has 0 radical (unpaired) electrons. The van der Waals surface area contributed by atoms with E-state index >= 15 is 0 Å². The molecule has 0 aromatic heterocycles. The summed E-state index contributed by atoms with van der Waals surface area (Å²) in [5.74, 6) is -0.0532. The number of halogens is 1. The molecule has 2 heteroatoms. The van der Waals surface area contributed by atoms with Gasteiger partial charge in [0.1, 0.15) is 12.5 Å². The average Bonchev–Trinajstić information content (AvgIpc) is 1.87. The van der Waals surface area contributed by atoms with Gasteiger partial charge in [0, 0.05) is 6.42 Å². The van der Waals surface area contributed by atoms with Crippen molar-refractivity contribution >= 4 is 6.29 Å². The van der Waals surface area contributed by atoms with Crippen molar-refractivity contribution in [1.82, 2.24) is 0 Å². The van der Waals surface area contributed by atoms with E-state index < -0.39 is 6.17 Å². The van der Waals surface area contributed by atoms with Crippen molar-refractivity contribution in [2.24, 2.45) is 5.92 Å². The van der Waals surface area contributed by atoms with Crippen LogP contribution in [0.2, 0.25) is 0 Å². The number of aldehydes is 1. The second-order valence-electron chi connectivity index (χ2n) is 2.63. The summed E-state index contributed by atoms with van der Waals surface area (Å²) in [4.78, 5) is 10.0. The largest absolute Gasteiger partial charge is 0.303 e. The summed E-state index contributed by atoms with van der Waals surface area (Å²) >= 11 is 0. The molecule has 0 rings (SSSR count). The second kappa shape index (κ2) is 5.39. The maximum atomic E-state index is 12.6. The Kier molecular flexibility index (Phi) is 5.17. The van der Waals surface area contributed by atoms with E-state index in [0.29, 0.717) is 6.42 Å². The van der Waals surface area contributed by atoms with E-state index in [4.69, 9.17) is 0 Å². The molecule has 0 aromatic carbocycles. The van der Waals surface area contributed by atoms with Gasteiger partial charge in [0.15, 0.2) is 0 Å². The van der Waals surface area contributed by atoms with Crippen LogP contribution in [0.1, 0.15) is 33.1 Å². The molecule has 0 aromatic rings. The van der Waals surface area contributed by atoms with Crippen molar-refractivity contribution in [1.29, 1.82) is 0 Å². The smallest absolute Gasteiger partial charge is 0.120 e. The maximum Gasteiger partial charge on any atom is 0.120 e. The first-order valence-electron chi connectivity index (χ1n) is 3.80. The predicted molar refractivity (Wildman–Crippen MR) is 39.6 cm³/mol. The quantitative estimate of drug-likeness (QED) is 0.544. The van der Waals surface area contributed by atoms with Crippen LogP contribution in [0.25, 0.3) is 0 Å². The van der Waals surface area contributed by atoms with Crippen LogP contribution in [0.15, 0.2) is 0 Å². The van der Waals surface area contributed by atoms with E-state index in [1.54, 1.807) is 0 Å². The van der Waals surface area contributed by atoms with Crippen LogP contribution in [0.3, 0.4) is 0 Å². The normalized spacial score (nSPS) is 16.3. The van der Waals surface area contributed by atoms with Crippen molar-refractivity contribution in [3.63, 3.8) is 0 Å². The lowest BCUT2D eigenvalue weighted by Crippen LogP contribution is -2.12. The summed E-state index contributed by atoms with van der Waals surface area (Å²) in [5, 5.41) is 0. The van der Waals surface area contributed by atoms with Crippen LogP contribution < -0.4 is 0 Å². The highest BCUT2D eigenvalue weighted by molar-refractivity contribution is 5.49. The highest BCUT2D eigenvalue weighted by Crippen LogP contribution is 2.16. The zero-order valence-electron chi connectivity index (χ0n) is 6.64. The summed E-state index contributed by atoms with van der Waals surface area (Å²) in [6, 6.07) is 0. The van der Waals surface area contributed by atoms with Crippen LogP contribution in [0, 0.1) is 5.92 Å². The maximum absolute atomic E-state index is 12.6. The van der Waals surface area contributed by atoms with Gasteiger partial charge in [0.25, 0.3) is 0 Å². The molecule has 0 saturated carbocycles. The molecular formula is C8H15FO. The molecule has 0 spiro atoms. The van der Waals surface area contributed by atoms with E-state index in [-0.39, 0.29) is 5.92 Å². The van der Waals surface area contributed by atoms with Gasteiger partial charge in [0.2, 0.25) is 0 Å². The number of hydrogen-bond donors (Lipinski definition) is 0. The third-order valence-corrected chi connectivity index (χ3v) is 1.71. The van der Waals surface area contributed by atoms with Gasteiger partial charge in [0.05, 0.1) is 0 Å². The first-order valence-corrected chi connectivity index (χ1v) is 3.80. The zero-order valence-corrected chi connectivity index (χ0v) is 6.64. The number of hydrogen-bond acceptors (Lipinski definition) is 1. The molecule has 0 bridgehead atoms. The summed E-state index contributed by atoms with van der Waals surface area (Å²) in [6.07, 6.45) is 2.09. The van der Waals surface area contributed by atoms with E-state index in [0.717, 1.165) is 19.1 Å². The molecule has 2 unspecified atom stereocenters. The number of carbonyl (C=O) groups excluding carboxylic acids is 1. The molecule has 60 valence electrons. The Labute approximate surface area is 61.6 Å². The van der Waals surface area contributed by atoms with Gasteiger partial charge >= 0.3 is 0 Å². The molecule has 0 amide bonds. The van der Waals surface area contributed by atoms with Crippen molar-refractivity contribution < 1.29 is 9.18 Å². The van der Waals surface area contributed by atoms with Crippen molar-refractivity contribution in [3.8, 4) is 0 Å². The molecule has 1 nitrogen and oxygen atoms in total.